The molecular formula is C18H19N5O3S. The van der Waals surface area contributed by atoms with Gasteiger partial charge in [-0.3, -0.25) is 9.78 Å². The first kappa shape index (κ1) is 18.7. The van der Waals surface area contributed by atoms with E-state index in [2.05, 4.69) is 20.5 Å². The molecule has 0 aliphatic carbocycles. The Morgan fingerprint density at radius 1 is 1.19 bits per heavy atom. The number of aromatic nitrogens is 4. The molecule has 3 aromatic rings. The topological polar surface area (TPSA) is 91.2 Å². The number of pyridine rings is 1. The molecule has 0 unspecified atom stereocenters. The second-order valence-corrected chi connectivity index (χ2v) is 6.46. The molecule has 8 nitrogen and oxygen atoms in total. The van der Waals surface area contributed by atoms with Crippen LogP contribution in [0.25, 0.3) is 11.4 Å². The zero-order valence-corrected chi connectivity index (χ0v) is 16.0. The number of nitrogens with zero attached hydrogens (tertiary/aromatic N) is 4. The van der Waals surface area contributed by atoms with Crippen molar-refractivity contribution in [2.75, 3.05) is 25.3 Å². The number of thioether (sulfide) groups is 1. The number of benzene rings is 1. The summed E-state index contributed by atoms with van der Waals surface area (Å²) in [5.41, 5.74) is 1.50. The fourth-order valence-corrected chi connectivity index (χ4v) is 3.14. The lowest BCUT2D eigenvalue weighted by Crippen LogP contribution is -2.14. The smallest absolute Gasteiger partial charge is 0.234 e. The number of carbonyl (C=O) groups is 1. The zero-order valence-electron chi connectivity index (χ0n) is 15.2. The molecule has 1 N–H and O–H groups in total. The normalized spacial score (nSPS) is 10.5. The van der Waals surface area contributed by atoms with Crippen molar-refractivity contribution in [1.29, 1.82) is 0 Å². The Kier molecular flexibility index (Phi) is 5.92. The summed E-state index contributed by atoms with van der Waals surface area (Å²) in [6.07, 6.45) is 3.43. The van der Waals surface area contributed by atoms with Crippen LogP contribution in [0.15, 0.2) is 47.9 Å². The van der Waals surface area contributed by atoms with Gasteiger partial charge in [-0.1, -0.05) is 11.8 Å². The average molecular weight is 385 g/mol. The summed E-state index contributed by atoms with van der Waals surface area (Å²) in [7, 11) is 4.97. The minimum absolute atomic E-state index is 0.154. The first-order chi connectivity index (χ1) is 13.1. The van der Waals surface area contributed by atoms with Gasteiger partial charge in [0.1, 0.15) is 0 Å². The molecule has 0 radical (unpaired) electrons. The van der Waals surface area contributed by atoms with Crippen molar-refractivity contribution < 1.29 is 14.3 Å². The molecular weight excluding hydrogens is 366 g/mol. The first-order valence-corrected chi connectivity index (χ1v) is 9.05. The van der Waals surface area contributed by atoms with Crippen molar-refractivity contribution in [2.24, 2.45) is 7.05 Å². The van der Waals surface area contributed by atoms with Crippen LogP contribution in [0.5, 0.6) is 11.5 Å². The maximum Gasteiger partial charge on any atom is 0.234 e. The van der Waals surface area contributed by atoms with Gasteiger partial charge >= 0.3 is 0 Å². The molecule has 0 saturated carbocycles. The molecule has 0 aliphatic rings. The molecule has 1 aromatic carbocycles. The van der Waals surface area contributed by atoms with Crippen LogP contribution in [0.4, 0.5) is 5.69 Å². The van der Waals surface area contributed by atoms with Crippen LogP contribution < -0.4 is 14.8 Å². The minimum atomic E-state index is -0.154. The number of hydrogen-bond acceptors (Lipinski definition) is 7. The average Bonchev–Trinajstić information content (AvgIpc) is 3.07. The lowest BCUT2D eigenvalue weighted by Gasteiger charge is -2.10. The van der Waals surface area contributed by atoms with Gasteiger partial charge in [-0.15, -0.1) is 10.2 Å². The Hall–Kier alpha value is -3.07. The summed E-state index contributed by atoms with van der Waals surface area (Å²) in [5.74, 6) is 1.90. The van der Waals surface area contributed by atoms with E-state index in [-0.39, 0.29) is 11.7 Å². The second kappa shape index (κ2) is 8.54. The van der Waals surface area contributed by atoms with Crippen molar-refractivity contribution in [1.82, 2.24) is 19.7 Å². The molecule has 2 heterocycles. The molecule has 0 atom stereocenters. The molecule has 9 heteroatoms. The summed E-state index contributed by atoms with van der Waals surface area (Å²) in [4.78, 5) is 16.3. The molecule has 0 aliphatic heterocycles. The number of ether oxygens (including phenoxy) is 2. The fraction of sp³-hybridized carbons (Fsp3) is 0.222. The molecule has 1 amide bonds. The molecule has 3 rings (SSSR count). The van der Waals surface area contributed by atoms with Crippen LogP contribution in [0.2, 0.25) is 0 Å². The molecule has 0 bridgehead atoms. The SMILES string of the molecule is COc1ccc(NC(=O)CSc2nnc(-c3cccnc3)n2C)cc1OC. The van der Waals surface area contributed by atoms with E-state index in [9.17, 15) is 4.79 Å². The van der Waals surface area contributed by atoms with E-state index in [1.165, 1.54) is 11.8 Å². The standard InChI is InChI=1S/C18H19N5O3S/c1-23-17(12-5-4-8-19-10-12)21-22-18(23)27-11-16(24)20-13-6-7-14(25-2)15(9-13)26-3/h4-10H,11H2,1-3H3,(H,20,24). The van der Waals surface area contributed by atoms with Crippen molar-refractivity contribution in [3.05, 3.63) is 42.7 Å². The summed E-state index contributed by atoms with van der Waals surface area (Å²) in [6, 6.07) is 8.96. The van der Waals surface area contributed by atoms with Crippen LogP contribution in [-0.4, -0.2) is 45.6 Å². The largest absolute Gasteiger partial charge is 0.493 e. The number of anilines is 1. The summed E-state index contributed by atoms with van der Waals surface area (Å²) < 4.78 is 12.3. The van der Waals surface area contributed by atoms with E-state index in [0.717, 1.165) is 5.56 Å². The first-order valence-electron chi connectivity index (χ1n) is 8.07. The maximum absolute atomic E-state index is 12.3. The summed E-state index contributed by atoms with van der Waals surface area (Å²) in [5, 5.41) is 11.8. The highest BCUT2D eigenvalue weighted by Gasteiger charge is 2.13. The summed E-state index contributed by atoms with van der Waals surface area (Å²) in [6.45, 7) is 0. The van der Waals surface area contributed by atoms with Gasteiger partial charge in [-0.05, 0) is 24.3 Å². The number of carbonyl (C=O) groups excluding carboxylic acids is 1. The van der Waals surface area contributed by atoms with Gasteiger partial charge in [-0.25, -0.2) is 0 Å². The third-order valence-corrected chi connectivity index (χ3v) is 4.77. The van der Waals surface area contributed by atoms with Crippen LogP contribution >= 0.6 is 11.8 Å². The lowest BCUT2D eigenvalue weighted by atomic mass is 10.2. The number of amides is 1. The molecule has 0 saturated heterocycles. The van der Waals surface area contributed by atoms with Gasteiger partial charge in [-0.2, -0.15) is 0 Å². The summed E-state index contributed by atoms with van der Waals surface area (Å²) >= 11 is 1.31. The van der Waals surface area contributed by atoms with Gasteiger partial charge < -0.3 is 19.4 Å². The molecule has 0 spiro atoms. The predicted octanol–water partition coefficient (Wildman–Crippen LogP) is 2.63. The van der Waals surface area contributed by atoms with E-state index in [4.69, 9.17) is 9.47 Å². The van der Waals surface area contributed by atoms with Crippen molar-refractivity contribution in [3.8, 4) is 22.9 Å². The molecule has 0 fully saturated rings. The highest BCUT2D eigenvalue weighted by Crippen LogP contribution is 2.30. The van der Waals surface area contributed by atoms with Gasteiger partial charge in [0.05, 0.1) is 20.0 Å². The highest BCUT2D eigenvalue weighted by atomic mass is 32.2. The Balaban J connectivity index is 1.62. The Morgan fingerprint density at radius 3 is 2.70 bits per heavy atom. The Bertz CT molecular complexity index is 930. The predicted molar refractivity (Wildman–Crippen MR) is 103 cm³/mol. The number of rotatable bonds is 7. The van der Waals surface area contributed by atoms with Gasteiger partial charge in [0.25, 0.3) is 0 Å². The van der Waals surface area contributed by atoms with Gasteiger partial charge in [0.15, 0.2) is 22.5 Å². The molecule has 2 aromatic heterocycles. The number of methoxy groups -OCH3 is 2. The lowest BCUT2D eigenvalue weighted by molar-refractivity contribution is -0.113. The maximum atomic E-state index is 12.3. The van der Waals surface area contributed by atoms with Gasteiger partial charge in [0.2, 0.25) is 5.91 Å². The Morgan fingerprint density at radius 2 is 2.00 bits per heavy atom. The monoisotopic (exact) mass is 385 g/mol. The van der Waals surface area contributed by atoms with Crippen LogP contribution in [0.1, 0.15) is 0 Å². The van der Waals surface area contributed by atoms with E-state index in [0.29, 0.717) is 28.2 Å². The molecule has 140 valence electrons. The number of nitrogens with one attached hydrogen (secondary N) is 1. The minimum Gasteiger partial charge on any atom is -0.493 e. The van der Waals surface area contributed by atoms with E-state index in [1.54, 1.807) is 44.8 Å². The van der Waals surface area contributed by atoms with Crippen molar-refractivity contribution in [3.63, 3.8) is 0 Å². The van der Waals surface area contributed by atoms with Crippen molar-refractivity contribution in [2.45, 2.75) is 5.16 Å². The van der Waals surface area contributed by atoms with Crippen molar-refractivity contribution >= 4 is 23.4 Å². The quantitative estimate of drug-likeness (QED) is 0.625. The van der Waals surface area contributed by atoms with Crippen LogP contribution in [-0.2, 0) is 11.8 Å². The zero-order chi connectivity index (χ0) is 19.2. The third-order valence-electron chi connectivity index (χ3n) is 3.75. The van der Waals surface area contributed by atoms with Crippen LogP contribution in [0, 0.1) is 0 Å². The van der Waals surface area contributed by atoms with Crippen LogP contribution in [0.3, 0.4) is 0 Å². The second-order valence-electron chi connectivity index (χ2n) is 5.51. The Labute approximate surface area is 160 Å². The van der Waals surface area contributed by atoms with Gasteiger partial charge in [0, 0.05) is 36.8 Å². The van der Waals surface area contributed by atoms with E-state index < -0.39 is 0 Å². The number of hydrogen-bond donors (Lipinski definition) is 1. The van der Waals surface area contributed by atoms with E-state index in [1.807, 2.05) is 23.7 Å². The molecule has 27 heavy (non-hydrogen) atoms. The van der Waals surface area contributed by atoms with E-state index >= 15 is 0 Å². The third kappa shape index (κ3) is 4.37. The highest BCUT2D eigenvalue weighted by molar-refractivity contribution is 7.99. The fourth-order valence-electron chi connectivity index (χ4n) is 2.43.